The summed E-state index contributed by atoms with van der Waals surface area (Å²) in [5, 5.41) is 8.64. The lowest BCUT2D eigenvalue weighted by Crippen LogP contribution is -2.31. The average Bonchev–Trinajstić information content (AvgIpc) is 2.34. The van der Waals surface area contributed by atoms with Gasteiger partial charge in [-0.3, -0.25) is 4.79 Å². The van der Waals surface area contributed by atoms with E-state index in [4.69, 9.17) is 15.6 Å². The Bertz CT molecular complexity index is 390. The third kappa shape index (κ3) is 4.20. The molecule has 0 fully saturated rings. The van der Waals surface area contributed by atoms with Crippen molar-refractivity contribution < 1.29 is 9.84 Å². The lowest BCUT2D eigenvalue weighted by molar-refractivity contribution is 0.231. The molecular formula is C12H20N2O3. The molecule has 3 N–H and O–H groups in total. The van der Waals surface area contributed by atoms with E-state index in [1.807, 2.05) is 6.92 Å². The molecule has 96 valence electrons. The van der Waals surface area contributed by atoms with E-state index in [0.29, 0.717) is 25.3 Å². The molecule has 1 unspecified atom stereocenters. The van der Waals surface area contributed by atoms with Crippen LogP contribution in [0.1, 0.15) is 19.8 Å². The molecule has 5 nitrogen and oxygen atoms in total. The van der Waals surface area contributed by atoms with Crippen molar-refractivity contribution in [2.24, 2.45) is 5.73 Å². The molecular weight excluding hydrogens is 220 g/mol. The predicted molar refractivity (Wildman–Crippen MR) is 66.2 cm³/mol. The Hall–Kier alpha value is -1.33. The van der Waals surface area contributed by atoms with E-state index in [2.05, 4.69) is 0 Å². The summed E-state index contributed by atoms with van der Waals surface area (Å²) >= 11 is 0. The number of rotatable bonds is 7. The average molecular weight is 240 g/mol. The van der Waals surface area contributed by atoms with E-state index >= 15 is 0 Å². The Kier molecular flexibility index (Phi) is 5.72. The number of nitrogens with two attached hydrogens (primary N) is 1. The summed E-state index contributed by atoms with van der Waals surface area (Å²) in [6, 6.07) is 3.37. The first-order valence-corrected chi connectivity index (χ1v) is 5.87. The number of aromatic nitrogens is 1. The molecule has 0 aliphatic heterocycles. The molecule has 5 heteroatoms. The maximum Gasteiger partial charge on any atom is 0.292 e. The summed E-state index contributed by atoms with van der Waals surface area (Å²) in [6.45, 7) is 2.88. The van der Waals surface area contributed by atoms with Crippen LogP contribution in [0.2, 0.25) is 0 Å². The molecule has 1 aromatic heterocycles. The van der Waals surface area contributed by atoms with Crippen LogP contribution in [0.25, 0.3) is 0 Å². The fraction of sp³-hybridized carbons (Fsp3) is 0.583. The highest BCUT2D eigenvalue weighted by atomic mass is 16.5. The lowest BCUT2D eigenvalue weighted by atomic mass is 10.2. The molecule has 0 aliphatic rings. The van der Waals surface area contributed by atoms with E-state index < -0.39 is 0 Å². The number of aliphatic hydroxyl groups is 1. The van der Waals surface area contributed by atoms with Gasteiger partial charge in [0.25, 0.3) is 5.56 Å². The summed E-state index contributed by atoms with van der Waals surface area (Å²) in [6.07, 6.45) is 3.04. The third-order valence-corrected chi connectivity index (χ3v) is 2.50. The van der Waals surface area contributed by atoms with Crippen LogP contribution < -0.4 is 16.0 Å². The normalized spacial score (nSPS) is 12.4. The maximum absolute atomic E-state index is 11.9. The van der Waals surface area contributed by atoms with Gasteiger partial charge in [-0.1, -0.05) is 6.92 Å². The monoisotopic (exact) mass is 240 g/mol. The number of hydrogen-bond acceptors (Lipinski definition) is 4. The zero-order valence-electron chi connectivity index (χ0n) is 10.1. The van der Waals surface area contributed by atoms with Gasteiger partial charge in [-0.2, -0.15) is 0 Å². The van der Waals surface area contributed by atoms with Gasteiger partial charge < -0.3 is 20.1 Å². The van der Waals surface area contributed by atoms with Gasteiger partial charge in [0.15, 0.2) is 5.75 Å². The Balaban J connectivity index is 2.73. The van der Waals surface area contributed by atoms with Crippen LogP contribution in [-0.2, 0) is 6.54 Å². The highest BCUT2D eigenvalue weighted by Gasteiger charge is 2.06. The Morgan fingerprint density at radius 2 is 2.35 bits per heavy atom. The van der Waals surface area contributed by atoms with Crippen LogP contribution >= 0.6 is 0 Å². The second-order valence-corrected chi connectivity index (χ2v) is 3.92. The number of ether oxygens (including phenoxy) is 1. The summed E-state index contributed by atoms with van der Waals surface area (Å²) in [4.78, 5) is 11.9. The largest absolute Gasteiger partial charge is 0.488 e. The van der Waals surface area contributed by atoms with Crippen molar-refractivity contribution in [1.29, 1.82) is 0 Å². The first-order chi connectivity index (χ1) is 8.19. The standard InChI is InChI=1S/C12H20N2O3/c1-2-10(13)9-14-6-3-5-11(12(14)16)17-8-4-7-15/h3,5-6,10,15H,2,4,7-9,13H2,1H3. The van der Waals surface area contributed by atoms with E-state index in [1.54, 1.807) is 22.9 Å². The minimum atomic E-state index is -0.172. The van der Waals surface area contributed by atoms with Gasteiger partial charge >= 0.3 is 0 Å². The molecule has 0 amide bonds. The summed E-state index contributed by atoms with van der Waals surface area (Å²) in [5.41, 5.74) is 5.64. The van der Waals surface area contributed by atoms with Gasteiger partial charge in [0.2, 0.25) is 0 Å². The first kappa shape index (κ1) is 13.7. The van der Waals surface area contributed by atoms with Gasteiger partial charge in [0, 0.05) is 31.8 Å². The molecule has 0 aromatic carbocycles. The van der Waals surface area contributed by atoms with Gasteiger partial charge in [-0.15, -0.1) is 0 Å². The fourth-order valence-electron chi connectivity index (χ4n) is 1.40. The van der Waals surface area contributed by atoms with Crippen molar-refractivity contribution in [2.45, 2.75) is 32.4 Å². The molecule has 1 atom stereocenters. The molecule has 0 spiro atoms. The smallest absolute Gasteiger partial charge is 0.292 e. The van der Waals surface area contributed by atoms with Crippen molar-refractivity contribution in [3.8, 4) is 5.75 Å². The molecule has 0 saturated carbocycles. The third-order valence-electron chi connectivity index (χ3n) is 2.50. The highest BCUT2D eigenvalue weighted by molar-refractivity contribution is 5.17. The zero-order valence-corrected chi connectivity index (χ0v) is 10.1. The number of pyridine rings is 1. The van der Waals surface area contributed by atoms with E-state index in [0.717, 1.165) is 6.42 Å². The van der Waals surface area contributed by atoms with E-state index in [1.165, 1.54) is 0 Å². The van der Waals surface area contributed by atoms with Crippen molar-refractivity contribution in [2.75, 3.05) is 13.2 Å². The summed E-state index contributed by atoms with van der Waals surface area (Å²) in [5.74, 6) is 0.309. The molecule has 1 rings (SSSR count). The molecule has 1 heterocycles. The van der Waals surface area contributed by atoms with Crippen molar-refractivity contribution in [3.05, 3.63) is 28.7 Å². The molecule has 0 radical (unpaired) electrons. The van der Waals surface area contributed by atoms with Gasteiger partial charge in [0.1, 0.15) is 0 Å². The van der Waals surface area contributed by atoms with Crippen LogP contribution in [0, 0.1) is 0 Å². The molecule has 0 bridgehead atoms. The van der Waals surface area contributed by atoms with Crippen LogP contribution in [0.3, 0.4) is 0 Å². The zero-order chi connectivity index (χ0) is 12.7. The summed E-state index contributed by atoms with van der Waals surface area (Å²) in [7, 11) is 0. The number of aliphatic hydroxyl groups excluding tert-OH is 1. The van der Waals surface area contributed by atoms with Gasteiger partial charge in [0.05, 0.1) is 6.61 Å². The van der Waals surface area contributed by atoms with Gasteiger partial charge in [-0.05, 0) is 18.6 Å². The topological polar surface area (TPSA) is 77.5 Å². The van der Waals surface area contributed by atoms with Crippen LogP contribution in [0.15, 0.2) is 23.1 Å². The summed E-state index contributed by atoms with van der Waals surface area (Å²) < 4.78 is 6.86. The number of hydrogen-bond donors (Lipinski definition) is 2. The Morgan fingerprint density at radius 1 is 1.59 bits per heavy atom. The number of nitrogens with zero attached hydrogens (tertiary/aromatic N) is 1. The van der Waals surface area contributed by atoms with Crippen LogP contribution in [0.5, 0.6) is 5.75 Å². The van der Waals surface area contributed by atoms with Crippen molar-refractivity contribution in [1.82, 2.24) is 4.57 Å². The lowest BCUT2D eigenvalue weighted by Gasteiger charge is -2.12. The van der Waals surface area contributed by atoms with E-state index in [9.17, 15) is 4.79 Å². The quantitative estimate of drug-likeness (QED) is 0.674. The molecule has 0 aliphatic carbocycles. The Morgan fingerprint density at radius 3 is 3.00 bits per heavy atom. The minimum Gasteiger partial charge on any atom is -0.488 e. The van der Waals surface area contributed by atoms with Crippen molar-refractivity contribution >= 4 is 0 Å². The fourth-order valence-corrected chi connectivity index (χ4v) is 1.40. The minimum absolute atomic E-state index is 0.0274. The molecule has 1 aromatic rings. The van der Waals surface area contributed by atoms with Crippen LogP contribution in [-0.4, -0.2) is 28.9 Å². The second-order valence-electron chi connectivity index (χ2n) is 3.92. The first-order valence-electron chi connectivity index (χ1n) is 5.87. The van der Waals surface area contributed by atoms with E-state index in [-0.39, 0.29) is 18.2 Å². The Labute approximate surface area is 101 Å². The maximum atomic E-state index is 11.9. The highest BCUT2D eigenvalue weighted by Crippen LogP contribution is 2.03. The molecule has 0 saturated heterocycles. The van der Waals surface area contributed by atoms with Crippen molar-refractivity contribution in [3.63, 3.8) is 0 Å². The van der Waals surface area contributed by atoms with Gasteiger partial charge in [-0.25, -0.2) is 0 Å². The van der Waals surface area contributed by atoms with Crippen LogP contribution in [0.4, 0.5) is 0 Å². The second kappa shape index (κ2) is 7.09. The SMILES string of the molecule is CCC(N)Cn1cccc(OCCCO)c1=O. The predicted octanol–water partition coefficient (Wildman–Crippen LogP) is 0.347. The molecule has 17 heavy (non-hydrogen) atoms.